The first-order valence-electron chi connectivity index (χ1n) is 7.39. The SMILES string of the molecule is CN1CCC(N(CC(=O)O)S(=O)(=O)c2ccccc2[N+](=O)[O-])CC1. The molecule has 2 rings (SSSR count). The molecule has 0 amide bonds. The van der Waals surface area contributed by atoms with Gasteiger partial charge in [0.15, 0.2) is 4.90 Å². The minimum Gasteiger partial charge on any atom is -0.480 e. The van der Waals surface area contributed by atoms with Gasteiger partial charge in [0.1, 0.15) is 6.54 Å². The van der Waals surface area contributed by atoms with Crippen LogP contribution >= 0.6 is 0 Å². The molecule has 9 nitrogen and oxygen atoms in total. The van der Waals surface area contributed by atoms with E-state index in [9.17, 15) is 23.3 Å². The third kappa shape index (κ3) is 3.89. The molecule has 24 heavy (non-hydrogen) atoms. The molecule has 1 aromatic carbocycles. The van der Waals surface area contributed by atoms with E-state index in [1.54, 1.807) is 0 Å². The molecule has 0 saturated carbocycles. The molecule has 1 heterocycles. The van der Waals surface area contributed by atoms with Gasteiger partial charge < -0.3 is 10.0 Å². The van der Waals surface area contributed by atoms with Crippen molar-refractivity contribution in [3.8, 4) is 0 Å². The van der Waals surface area contributed by atoms with Crippen LogP contribution in [0, 0.1) is 10.1 Å². The highest BCUT2D eigenvalue weighted by molar-refractivity contribution is 7.89. The molecule has 10 heteroatoms. The van der Waals surface area contributed by atoms with Crippen molar-refractivity contribution >= 4 is 21.7 Å². The predicted octanol–water partition coefficient (Wildman–Crippen LogP) is 0.764. The second-order valence-electron chi connectivity index (χ2n) is 5.70. The van der Waals surface area contributed by atoms with Crippen LogP contribution in [-0.4, -0.2) is 66.3 Å². The van der Waals surface area contributed by atoms with Crippen molar-refractivity contribution in [3.63, 3.8) is 0 Å². The Bertz CT molecular complexity index is 728. The number of carboxylic acids is 1. The lowest BCUT2D eigenvalue weighted by atomic mass is 10.1. The molecule has 0 spiro atoms. The Kier molecular flexibility index (Phi) is 5.52. The van der Waals surface area contributed by atoms with Crippen LogP contribution < -0.4 is 0 Å². The largest absolute Gasteiger partial charge is 0.480 e. The van der Waals surface area contributed by atoms with Crippen molar-refractivity contribution in [3.05, 3.63) is 34.4 Å². The van der Waals surface area contributed by atoms with Crippen LogP contribution in [0.3, 0.4) is 0 Å². The molecule has 0 bridgehead atoms. The van der Waals surface area contributed by atoms with Gasteiger partial charge in [-0.2, -0.15) is 4.31 Å². The Morgan fingerprint density at radius 3 is 2.50 bits per heavy atom. The van der Waals surface area contributed by atoms with E-state index in [0.717, 1.165) is 16.4 Å². The van der Waals surface area contributed by atoms with E-state index >= 15 is 0 Å². The van der Waals surface area contributed by atoms with Crippen LogP contribution in [0.1, 0.15) is 12.8 Å². The van der Waals surface area contributed by atoms with Gasteiger partial charge in [-0.25, -0.2) is 8.42 Å². The molecule has 132 valence electrons. The minimum absolute atomic E-state index is 0.476. The first-order chi connectivity index (χ1) is 11.2. The lowest BCUT2D eigenvalue weighted by Gasteiger charge is -2.35. The van der Waals surface area contributed by atoms with E-state index in [4.69, 9.17) is 5.11 Å². The first-order valence-corrected chi connectivity index (χ1v) is 8.83. The summed E-state index contributed by atoms with van der Waals surface area (Å²) in [4.78, 5) is 23.1. The van der Waals surface area contributed by atoms with Gasteiger partial charge in [0.2, 0.25) is 0 Å². The van der Waals surface area contributed by atoms with Gasteiger partial charge in [0.05, 0.1) is 4.92 Å². The molecule has 1 aliphatic heterocycles. The molecule has 1 N–H and O–H groups in total. The fraction of sp³-hybridized carbons (Fsp3) is 0.500. The fourth-order valence-electron chi connectivity index (χ4n) is 2.78. The normalized spacial score (nSPS) is 17.1. The molecule has 1 fully saturated rings. The van der Waals surface area contributed by atoms with E-state index in [1.807, 2.05) is 11.9 Å². The standard InChI is InChI=1S/C14H19N3O6S/c1-15-8-6-11(7-9-15)16(10-14(18)19)24(22,23)13-5-3-2-4-12(13)17(20)21/h2-5,11H,6-10H2,1H3,(H,18,19). The van der Waals surface area contributed by atoms with Crippen molar-refractivity contribution in [1.82, 2.24) is 9.21 Å². The zero-order valence-electron chi connectivity index (χ0n) is 13.2. The molecule has 1 aromatic rings. The average molecular weight is 357 g/mol. The highest BCUT2D eigenvalue weighted by Crippen LogP contribution is 2.29. The summed E-state index contributed by atoms with van der Waals surface area (Å²) in [6.07, 6.45) is 0.952. The summed E-state index contributed by atoms with van der Waals surface area (Å²) < 4.78 is 26.7. The fourth-order valence-corrected chi connectivity index (χ4v) is 4.57. The topological polar surface area (TPSA) is 121 Å². The third-order valence-corrected chi connectivity index (χ3v) is 5.98. The summed E-state index contributed by atoms with van der Waals surface area (Å²) in [5.74, 6) is -1.30. The summed E-state index contributed by atoms with van der Waals surface area (Å²) in [6.45, 7) is 0.545. The molecular formula is C14H19N3O6S. The van der Waals surface area contributed by atoms with Gasteiger partial charge in [-0.05, 0) is 39.0 Å². The number of nitrogens with zero attached hydrogens (tertiary/aromatic N) is 3. The van der Waals surface area contributed by atoms with Gasteiger partial charge in [-0.1, -0.05) is 12.1 Å². The number of rotatable bonds is 6. The zero-order chi connectivity index (χ0) is 17.9. The smallest absolute Gasteiger partial charge is 0.318 e. The third-order valence-electron chi connectivity index (χ3n) is 4.04. The van der Waals surface area contributed by atoms with Crippen molar-refractivity contribution in [2.45, 2.75) is 23.8 Å². The highest BCUT2D eigenvalue weighted by Gasteiger charge is 2.38. The molecule has 1 aliphatic rings. The lowest BCUT2D eigenvalue weighted by Crippen LogP contribution is -2.48. The van der Waals surface area contributed by atoms with Gasteiger partial charge in [0, 0.05) is 12.1 Å². The number of likely N-dealkylation sites (tertiary alicyclic amines) is 1. The average Bonchev–Trinajstić information content (AvgIpc) is 2.53. The molecule has 0 aliphatic carbocycles. The predicted molar refractivity (Wildman–Crippen MR) is 85.1 cm³/mol. The maximum Gasteiger partial charge on any atom is 0.318 e. The molecule has 0 radical (unpaired) electrons. The maximum atomic E-state index is 12.9. The number of benzene rings is 1. The van der Waals surface area contributed by atoms with Crippen molar-refractivity contribution in [1.29, 1.82) is 0 Å². The number of sulfonamides is 1. The summed E-state index contributed by atoms with van der Waals surface area (Å²) in [5.41, 5.74) is -0.555. The van der Waals surface area contributed by atoms with Gasteiger partial charge in [-0.3, -0.25) is 14.9 Å². The van der Waals surface area contributed by atoms with Crippen LogP contribution in [0.2, 0.25) is 0 Å². The van der Waals surface area contributed by atoms with Crippen LogP contribution in [0.25, 0.3) is 0 Å². The quantitative estimate of drug-likeness (QED) is 0.589. The maximum absolute atomic E-state index is 12.9. The molecule has 0 unspecified atom stereocenters. The lowest BCUT2D eigenvalue weighted by molar-refractivity contribution is -0.387. The monoisotopic (exact) mass is 357 g/mol. The van der Waals surface area contributed by atoms with Crippen molar-refractivity contribution in [2.75, 3.05) is 26.7 Å². The Morgan fingerprint density at radius 2 is 1.96 bits per heavy atom. The van der Waals surface area contributed by atoms with Crippen LogP contribution in [-0.2, 0) is 14.8 Å². The number of piperidine rings is 1. The Balaban J connectivity index is 2.44. The summed E-state index contributed by atoms with van der Waals surface area (Å²) in [7, 11) is -2.40. The zero-order valence-corrected chi connectivity index (χ0v) is 14.0. The Morgan fingerprint density at radius 1 is 1.38 bits per heavy atom. The molecule has 0 atom stereocenters. The second-order valence-corrected chi connectivity index (χ2v) is 7.56. The van der Waals surface area contributed by atoms with E-state index in [0.29, 0.717) is 25.9 Å². The Hall–Kier alpha value is -2.04. The van der Waals surface area contributed by atoms with Crippen LogP contribution in [0.15, 0.2) is 29.2 Å². The first kappa shape index (κ1) is 18.3. The summed E-state index contributed by atoms with van der Waals surface area (Å²) in [5, 5.41) is 20.2. The number of nitro groups is 1. The number of carboxylic acid groups (broad SMARTS) is 1. The van der Waals surface area contributed by atoms with Crippen molar-refractivity contribution < 1.29 is 23.2 Å². The molecule has 0 aromatic heterocycles. The number of para-hydroxylation sites is 1. The second kappa shape index (κ2) is 7.24. The van der Waals surface area contributed by atoms with E-state index in [-0.39, 0.29) is 0 Å². The molecule has 1 saturated heterocycles. The van der Waals surface area contributed by atoms with E-state index < -0.39 is 44.1 Å². The van der Waals surface area contributed by atoms with Gasteiger partial charge in [-0.15, -0.1) is 0 Å². The molecular weight excluding hydrogens is 338 g/mol. The number of aliphatic carboxylic acids is 1. The number of hydrogen-bond donors (Lipinski definition) is 1. The minimum atomic E-state index is -4.30. The van der Waals surface area contributed by atoms with E-state index in [2.05, 4.69) is 0 Å². The van der Waals surface area contributed by atoms with E-state index in [1.165, 1.54) is 12.1 Å². The number of nitro benzene ring substituents is 1. The van der Waals surface area contributed by atoms with Gasteiger partial charge in [0.25, 0.3) is 15.7 Å². The number of carbonyl (C=O) groups is 1. The summed E-state index contributed by atoms with van der Waals surface area (Å²) in [6, 6.07) is 4.49. The Labute approximate surface area is 139 Å². The van der Waals surface area contributed by atoms with Crippen LogP contribution in [0.5, 0.6) is 0 Å². The van der Waals surface area contributed by atoms with Crippen molar-refractivity contribution in [2.24, 2.45) is 0 Å². The summed E-state index contributed by atoms with van der Waals surface area (Å²) >= 11 is 0. The van der Waals surface area contributed by atoms with Gasteiger partial charge >= 0.3 is 5.97 Å². The van der Waals surface area contributed by atoms with Crippen LogP contribution in [0.4, 0.5) is 5.69 Å². The number of hydrogen-bond acceptors (Lipinski definition) is 6. The highest BCUT2D eigenvalue weighted by atomic mass is 32.2.